The topological polar surface area (TPSA) is 55.0 Å². The molecule has 2 aromatic rings. The Morgan fingerprint density at radius 1 is 1.22 bits per heavy atom. The van der Waals surface area contributed by atoms with Crippen LogP contribution in [0.15, 0.2) is 30.5 Å². The Labute approximate surface area is 110 Å². The molecule has 1 aliphatic heterocycles. The fraction of sp³-hybridized carbons (Fsp3) is 0.231. The van der Waals surface area contributed by atoms with Gasteiger partial charge in [0.2, 0.25) is 5.95 Å². The van der Waals surface area contributed by atoms with E-state index in [0.717, 1.165) is 25.3 Å². The first kappa shape index (κ1) is 11.3. The highest BCUT2D eigenvalue weighted by Gasteiger charge is 2.19. The smallest absolute Gasteiger partial charge is 0.222 e. The maximum absolute atomic E-state index is 6.13. The first-order chi connectivity index (χ1) is 8.74. The quantitative estimate of drug-likeness (QED) is 0.855. The third kappa shape index (κ3) is 1.99. The molecule has 0 bridgehead atoms. The number of anilines is 2. The first-order valence-corrected chi connectivity index (χ1v) is 6.21. The van der Waals surface area contributed by atoms with Crippen LogP contribution in [0.5, 0.6) is 0 Å². The molecule has 0 unspecified atom stereocenters. The van der Waals surface area contributed by atoms with Crippen molar-refractivity contribution in [2.24, 2.45) is 0 Å². The van der Waals surface area contributed by atoms with Crippen molar-refractivity contribution in [2.45, 2.75) is 13.0 Å². The van der Waals surface area contributed by atoms with Gasteiger partial charge in [-0.3, -0.25) is 0 Å². The van der Waals surface area contributed by atoms with Gasteiger partial charge < -0.3 is 10.6 Å². The van der Waals surface area contributed by atoms with Crippen LogP contribution in [0.2, 0.25) is 5.02 Å². The van der Waals surface area contributed by atoms with E-state index in [1.807, 2.05) is 0 Å². The number of rotatable bonds is 1. The van der Waals surface area contributed by atoms with Crippen molar-refractivity contribution in [3.63, 3.8) is 0 Å². The number of hydrogen-bond acceptors (Lipinski definition) is 4. The van der Waals surface area contributed by atoms with Crippen LogP contribution < -0.4 is 10.6 Å². The lowest BCUT2D eigenvalue weighted by Gasteiger charge is -2.30. The summed E-state index contributed by atoms with van der Waals surface area (Å²) in [5.41, 5.74) is 8.33. The second-order valence-corrected chi connectivity index (χ2v) is 4.75. The van der Waals surface area contributed by atoms with E-state index in [1.165, 1.54) is 11.1 Å². The summed E-state index contributed by atoms with van der Waals surface area (Å²) in [6, 6.07) is 8.44. The van der Waals surface area contributed by atoms with Crippen LogP contribution >= 0.6 is 11.6 Å². The highest BCUT2D eigenvalue weighted by Crippen LogP contribution is 2.28. The Bertz CT molecular complexity index is 585. The molecule has 18 heavy (non-hydrogen) atoms. The fourth-order valence-corrected chi connectivity index (χ4v) is 2.48. The summed E-state index contributed by atoms with van der Waals surface area (Å²) < 4.78 is 0. The van der Waals surface area contributed by atoms with Gasteiger partial charge in [0.1, 0.15) is 5.02 Å². The molecule has 0 aliphatic carbocycles. The minimum absolute atomic E-state index is 0.258. The molecule has 5 heteroatoms. The van der Waals surface area contributed by atoms with Crippen LogP contribution in [0.4, 0.5) is 11.8 Å². The Morgan fingerprint density at radius 3 is 2.83 bits per heavy atom. The lowest BCUT2D eigenvalue weighted by Crippen LogP contribution is -2.31. The van der Waals surface area contributed by atoms with Gasteiger partial charge in [0.15, 0.2) is 5.82 Å². The molecule has 0 atom stereocenters. The standard InChI is InChI=1S/C13H13ClN4/c14-11-7-16-13(15)17-12(11)18-6-5-9-3-1-2-4-10(9)8-18/h1-4,7H,5-6,8H2,(H2,15,16,17). The van der Waals surface area contributed by atoms with Crippen molar-refractivity contribution in [2.75, 3.05) is 17.2 Å². The zero-order valence-corrected chi connectivity index (χ0v) is 10.6. The molecule has 0 radical (unpaired) electrons. The molecule has 0 saturated carbocycles. The van der Waals surface area contributed by atoms with Crippen molar-refractivity contribution >= 4 is 23.4 Å². The molecule has 2 N–H and O–H groups in total. The van der Waals surface area contributed by atoms with Crippen molar-refractivity contribution in [1.29, 1.82) is 0 Å². The number of nitrogens with zero attached hydrogens (tertiary/aromatic N) is 3. The summed E-state index contributed by atoms with van der Waals surface area (Å²) in [6.45, 7) is 1.71. The van der Waals surface area contributed by atoms with Gasteiger partial charge in [-0.15, -0.1) is 0 Å². The molecule has 0 saturated heterocycles. The van der Waals surface area contributed by atoms with Crippen molar-refractivity contribution < 1.29 is 0 Å². The molecule has 4 nitrogen and oxygen atoms in total. The van der Waals surface area contributed by atoms with E-state index in [1.54, 1.807) is 6.20 Å². The SMILES string of the molecule is Nc1ncc(Cl)c(N2CCc3ccccc3C2)n1. The lowest BCUT2D eigenvalue weighted by atomic mass is 10.00. The summed E-state index contributed by atoms with van der Waals surface area (Å²) in [7, 11) is 0. The third-order valence-corrected chi connectivity index (χ3v) is 3.44. The summed E-state index contributed by atoms with van der Waals surface area (Å²) >= 11 is 6.13. The van der Waals surface area contributed by atoms with Crippen molar-refractivity contribution in [3.8, 4) is 0 Å². The molecule has 2 heterocycles. The van der Waals surface area contributed by atoms with Crippen LogP contribution in [-0.4, -0.2) is 16.5 Å². The second-order valence-electron chi connectivity index (χ2n) is 4.34. The van der Waals surface area contributed by atoms with Gasteiger partial charge in [0.05, 0.1) is 6.20 Å². The Hall–Kier alpha value is -1.81. The number of nitrogens with two attached hydrogens (primary N) is 1. The number of nitrogen functional groups attached to an aromatic ring is 1. The van der Waals surface area contributed by atoms with Gasteiger partial charge in [0.25, 0.3) is 0 Å². The van der Waals surface area contributed by atoms with E-state index in [-0.39, 0.29) is 5.95 Å². The Kier molecular flexibility index (Phi) is 2.80. The van der Waals surface area contributed by atoms with E-state index in [9.17, 15) is 0 Å². The molecule has 0 spiro atoms. The van der Waals surface area contributed by atoms with Gasteiger partial charge in [-0.1, -0.05) is 35.9 Å². The van der Waals surface area contributed by atoms with Gasteiger partial charge >= 0.3 is 0 Å². The third-order valence-electron chi connectivity index (χ3n) is 3.17. The molecule has 0 fully saturated rings. The van der Waals surface area contributed by atoms with E-state index >= 15 is 0 Å². The molecule has 1 aromatic heterocycles. The van der Waals surface area contributed by atoms with Crippen LogP contribution in [-0.2, 0) is 13.0 Å². The predicted octanol–water partition coefficient (Wildman–Crippen LogP) is 2.27. The zero-order valence-electron chi connectivity index (χ0n) is 9.81. The normalized spacial score (nSPS) is 14.4. The van der Waals surface area contributed by atoms with Gasteiger partial charge in [-0.25, -0.2) is 4.98 Å². The van der Waals surface area contributed by atoms with Crippen LogP contribution in [0.1, 0.15) is 11.1 Å². The maximum atomic E-state index is 6.13. The summed E-state index contributed by atoms with van der Waals surface area (Å²) in [4.78, 5) is 10.3. The van der Waals surface area contributed by atoms with Crippen molar-refractivity contribution in [3.05, 3.63) is 46.6 Å². The number of benzene rings is 1. The molecule has 1 aromatic carbocycles. The van der Waals surface area contributed by atoms with E-state index < -0.39 is 0 Å². The predicted molar refractivity (Wildman–Crippen MR) is 72.7 cm³/mol. The zero-order chi connectivity index (χ0) is 12.5. The second kappa shape index (κ2) is 4.46. The van der Waals surface area contributed by atoms with Gasteiger partial charge in [0, 0.05) is 13.1 Å². The summed E-state index contributed by atoms with van der Waals surface area (Å²) in [6.07, 6.45) is 2.55. The number of halogens is 1. The minimum atomic E-state index is 0.258. The largest absolute Gasteiger partial charge is 0.368 e. The molecule has 92 valence electrons. The highest BCUT2D eigenvalue weighted by molar-refractivity contribution is 6.32. The monoisotopic (exact) mass is 260 g/mol. The number of fused-ring (bicyclic) bond motifs is 1. The van der Waals surface area contributed by atoms with Crippen LogP contribution in [0.25, 0.3) is 0 Å². The maximum Gasteiger partial charge on any atom is 0.222 e. The summed E-state index contributed by atoms with van der Waals surface area (Å²) in [5.74, 6) is 0.979. The van der Waals surface area contributed by atoms with E-state index in [4.69, 9.17) is 17.3 Å². The minimum Gasteiger partial charge on any atom is -0.368 e. The van der Waals surface area contributed by atoms with Crippen LogP contribution in [0.3, 0.4) is 0 Å². The summed E-state index contributed by atoms with van der Waals surface area (Å²) in [5, 5.41) is 0.545. The first-order valence-electron chi connectivity index (χ1n) is 5.84. The molecule has 0 amide bonds. The van der Waals surface area contributed by atoms with E-state index in [0.29, 0.717) is 5.02 Å². The van der Waals surface area contributed by atoms with Crippen LogP contribution in [0, 0.1) is 0 Å². The molecule has 3 rings (SSSR count). The molecular formula is C13H13ClN4. The van der Waals surface area contributed by atoms with Gasteiger partial charge in [-0.05, 0) is 17.5 Å². The average Bonchev–Trinajstić information content (AvgIpc) is 2.41. The Morgan fingerprint density at radius 2 is 2.00 bits per heavy atom. The molecule has 1 aliphatic rings. The highest BCUT2D eigenvalue weighted by atomic mass is 35.5. The average molecular weight is 261 g/mol. The van der Waals surface area contributed by atoms with Gasteiger partial charge in [-0.2, -0.15) is 4.98 Å². The van der Waals surface area contributed by atoms with E-state index in [2.05, 4.69) is 39.1 Å². The lowest BCUT2D eigenvalue weighted by molar-refractivity contribution is 0.720. The molecular weight excluding hydrogens is 248 g/mol. The number of hydrogen-bond donors (Lipinski definition) is 1. The fourth-order valence-electron chi connectivity index (χ4n) is 2.27. The number of aromatic nitrogens is 2. The van der Waals surface area contributed by atoms with Crippen molar-refractivity contribution in [1.82, 2.24) is 9.97 Å². The Balaban J connectivity index is 1.94.